The van der Waals surface area contributed by atoms with Crippen LogP contribution in [0.1, 0.15) is 50.4 Å². The predicted octanol–water partition coefficient (Wildman–Crippen LogP) is 3.43. The van der Waals surface area contributed by atoms with Crippen molar-refractivity contribution in [3.8, 4) is 0 Å². The highest BCUT2D eigenvalue weighted by atomic mass is 32.2. The van der Waals surface area contributed by atoms with Crippen LogP contribution < -0.4 is 10.2 Å². The van der Waals surface area contributed by atoms with E-state index in [9.17, 15) is 0 Å². The van der Waals surface area contributed by atoms with Gasteiger partial charge in [0.2, 0.25) is 0 Å². The summed E-state index contributed by atoms with van der Waals surface area (Å²) in [6.07, 6.45) is 3.62. The van der Waals surface area contributed by atoms with E-state index in [-0.39, 0.29) is 0 Å². The SMILES string of the molecule is CCCNc1nc(C2CC2)nc(N2CCSCC2C)c1C. The van der Waals surface area contributed by atoms with Gasteiger partial charge in [-0.05, 0) is 33.1 Å². The molecule has 2 aliphatic rings. The standard InChI is InChI=1S/C16H26N4S/c1-4-7-17-14-12(3)16(19-15(18-14)13-5-6-13)20-8-9-21-10-11(20)2/h11,13H,4-10H2,1-3H3,(H,17,18,19). The Morgan fingerprint density at radius 2 is 2.14 bits per heavy atom. The average molecular weight is 306 g/mol. The fraction of sp³-hybridized carbons (Fsp3) is 0.750. The Morgan fingerprint density at radius 3 is 2.81 bits per heavy atom. The first kappa shape index (κ1) is 14.9. The van der Waals surface area contributed by atoms with E-state index in [2.05, 4.69) is 31.0 Å². The molecule has 1 saturated carbocycles. The molecule has 4 nitrogen and oxygen atoms in total. The fourth-order valence-electron chi connectivity index (χ4n) is 2.78. The molecule has 21 heavy (non-hydrogen) atoms. The molecule has 2 fully saturated rings. The Hall–Kier alpha value is -0.970. The van der Waals surface area contributed by atoms with E-state index in [0.717, 1.165) is 31.2 Å². The molecule has 5 heteroatoms. The summed E-state index contributed by atoms with van der Waals surface area (Å²) in [7, 11) is 0. The average Bonchev–Trinajstić information content (AvgIpc) is 3.32. The van der Waals surface area contributed by atoms with Crippen LogP contribution in [0.2, 0.25) is 0 Å². The van der Waals surface area contributed by atoms with Gasteiger partial charge in [0.1, 0.15) is 17.5 Å². The quantitative estimate of drug-likeness (QED) is 0.902. The van der Waals surface area contributed by atoms with Crippen LogP contribution in [-0.2, 0) is 0 Å². The van der Waals surface area contributed by atoms with Gasteiger partial charge in [0.25, 0.3) is 0 Å². The number of thioether (sulfide) groups is 1. The van der Waals surface area contributed by atoms with Gasteiger partial charge in [0, 0.05) is 42.1 Å². The van der Waals surface area contributed by atoms with Crippen LogP contribution >= 0.6 is 11.8 Å². The molecular weight excluding hydrogens is 280 g/mol. The van der Waals surface area contributed by atoms with Crippen molar-refractivity contribution in [2.24, 2.45) is 0 Å². The molecule has 1 aliphatic heterocycles. The third-order valence-electron chi connectivity index (χ3n) is 4.26. The lowest BCUT2D eigenvalue weighted by Crippen LogP contribution is -2.41. The molecule has 1 saturated heterocycles. The van der Waals surface area contributed by atoms with Crippen LogP contribution in [0.15, 0.2) is 0 Å². The van der Waals surface area contributed by atoms with Crippen LogP contribution in [0, 0.1) is 6.92 Å². The van der Waals surface area contributed by atoms with Gasteiger partial charge >= 0.3 is 0 Å². The fourth-order valence-corrected chi connectivity index (χ4v) is 3.80. The minimum absolute atomic E-state index is 0.559. The lowest BCUT2D eigenvalue weighted by Gasteiger charge is -2.35. The highest BCUT2D eigenvalue weighted by Gasteiger charge is 2.30. The second-order valence-corrected chi connectivity index (χ2v) is 7.35. The van der Waals surface area contributed by atoms with Crippen molar-refractivity contribution in [3.63, 3.8) is 0 Å². The third-order valence-corrected chi connectivity index (χ3v) is 5.45. The van der Waals surface area contributed by atoms with E-state index in [1.165, 1.54) is 35.7 Å². The van der Waals surface area contributed by atoms with Crippen LogP contribution in [0.3, 0.4) is 0 Å². The molecule has 1 atom stereocenters. The van der Waals surface area contributed by atoms with Crippen molar-refractivity contribution >= 4 is 23.4 Å². The smallest absolute Gasteiger partial charge is 0.137 e. The van der Waals surface area contributed by atoms with E-state index >= 15 is 0 Å². The maximum absolute atomic E-state index is 4.94. The Labute approximate surface area is 132 Å². The Morgan fingerprint density at radius 1 is 1.33 bits per heavy atom. The highest BCUT2D eigenvalue weighted by Crippen LogP contribution is 2.40. The molecule has 2 heterocycles. The number of nitrogens with one attached hydrogen (secondary N) is 1. The summed E-state index contributed by atoms with van der Waals surface area (Å²) in [4.78, 5) is 12.2. The first-order valence-corrected chi connectivity index (χ1v) is 9.33. The molecular formula is C16H26N4S. The van der Waals surface area contributed by atoms with E-state index in [1.807, 2.05) is 11.8 Å². The van der Waals surface area contributed by atoms with Crippen LogP contribution in [0.25, 0.3) is 0 Å². The Kier molecular flexibility index (Phi) is 4.57. The predicted molar refractivity (Wildman–Crippen MR) is 91.7 cm³/mol. The van der Waals surface area contributed by atoms with Gasteiger partial charge in [-0.15, -0.1) is 0 Å². The van der Waals surface area contributed by atoms with Gasteiger partial charge in [0.15, 0.2) is 0 Å². The van der Waals surface area contributed by atoms with Crippen LogP contribution in [-0.4, -0.2) is 40.6 Å². The molecule has 1 aromatic rings. The summed E-state index contributed by atoms with van der Waals surface area (Å²) in [6.45, 7) is 8.74. The molecule has 0 spiro atoms. The zero-order chi connectivity index (χ0) is 14.8. The number of anilines is 2. The van der Waals surface area contributed by atoms with Gasteiger partial charge in [-0.2, -0.15) is 11.8 Å². The van der Waals surface area contributed by atoms with Gasteiger partial charge in [-0.1, -0.05) is 6.92 Å². The summed E-state index contributed by atoms with van der Waals surface area (Å²) in [5.74, 6) is 6.26. The molecule has 116 valence electrons. The third kappa shape index (κ3) is 3.28. The molecule has 3 rings (SSSR count). The number of aromatic nitrogens is 2. The normalized spacial score (nSPS) is 22.4. The maximum Gasteiger partial charge on any atom is 0.137 e. The number of hydrogen-bond donors (Lipinski definition) is 1. The van der Waals surface area contributed by atoms with Gasteiger partial charge in [-0.25, -0.2) is 9.97 Å². The van der Waals surface area contributed by atoms with Gasteiger partial charge in [0.05, 0.1) is 0 Å². The van der Waals surface area contributed by atoms with E-state index in [1.54, 1.807) is 0 Å². The van der Waals surface area contributed by atoms with Crippen molar-refractivity contribution in [1.82, 2.24) is 9.97 Å². The number of hydrogen-bond acceptors (Lipinski definition) is 5. The minimum Gasteiger partial charge on any atom is -0.370 e. The second-order valence-electron chi connectivity index (χ2n) is 6.20. The number of rotatable bonds is 5. The van der Waals surface area contributed by atoms with E-state index in [4.69, 9.17) is 9.97 Å². The van der Waals surface area contributed by atoms with E-state index in [0.29, 0.717) is 12.0 Å². The van der Waals surface area contributed by atoms with E-state index < -0.39 is 0 Å². The lowest BCUT2D eigenvalue weighted by atomic mass is 10.2. The zero-order valence-electron chi connectivity index (χ0n) is 13.4. The molecule has 0 amide bonds. The summed E-state index contributed by atoms with van der Waals surface area (Å²) in [5.41, 5.74) is 1.21. The summed E-state index contributed by atoms with van der Waals surface area (Å²) in [5, 5.41) is 3.50. The summed E-state index contributed by atoms with van der Waals surface area (Å²) < 4.78 is 0. The molecule has 1 aromatic heterocycles. The molecule has 0 aromatic carbocycles. The molecule has 0 radical (unpaired) electrons. The maximum atomic E-state index is 4.94. The Balaban J connectivity index is 1.94. The van der Waals surface area contributed by atoms with Crippen molar-refractivity contribution in [1.29, 1.82) is 0 Å². The summed E-state index contributed by atoms with van der Waals surface area (Å²) >= 11 is 2.05. The van der Waals surface area contributed by atoms with Crippen molar-refractivity contribution < 1.29 is 0 Å². The first-order chi connectivity index (χ1) is 10.2. The van der Waals surface area contributed by atoms with Crippen LogP contribution in [0.5, 0.6) is 0 Å². The van der Waals surface area contributed by atoms with Crippen molar-refractivity contribution in [2.75, 3.05) is 34.8 Å². The molecule has 1 aliphatic carbocycles. The Bertz CT molecular complexity index is 501. The number of nitrogens with zero attached hydrogens (tertiary/aromatic N) is 3. The monoisotopic (exact) mass is 306 g/mol. The summed E-state index contributed by atoms with van der Waals surface area (Å²) in [6, 6.07) is 0.559. The van der Waals surface area contributed by atoms with Crippen LogP contribution in [0.4, 0.5) is 11.6 Å². The van der Waals surface area contributed by atoms with Crippen molar-refractivity contribution in [2.45, 2.75) is 52.0 Å². The zero-order valence-corrected chi connectivity index (χ0v) is 14.2. The molecule has 0 bridgehead atoms. The molecule has 1 N–H and O–H groups in total. The molecule has 1 unspecified atom stereocenters. The van der Waals surface area contributed by atoms with Crippen molar-refractivity contribution in [3.05, 3.63) is 11.4 Å². The lowest BCUT2D eigenvalue weighted by molar-refractivity contribution is 0.681. The minimum atomic E-state index is 0.559. The highest BCUT2D eigenvalue weighted by molar-refractivity contribution is 7.99. The largest absolute Gasteiger partial charge is 0.370 e. The van der Waals surface area contributed by atoms with Gasteiger partial charge in [-0.3, -0.25) is 0 Å². The first-order valence-electron chi connectivity index (χ1n) is 8.17. The topological polar surface area (TPSA) is 41.1 Å². The second kappa shape index (κ2) is 6.42. The van der Waals surface area contributed by atoms with Gasteiger partial charge < -0.3 is 10.2 Å².